The summed E-state index contributed by atoms with van der Waals surface area (Å²) in [5.74, 6) is 1.53. The number of aromatic nitrogens is 1. The lowest BCUT2D eigenvalue weighted by molar-refractivity contribution is -0.724. The van der Waals surface area contributed by atoms with Crippen molar-refractivity contribution in [1.82, 2.24) is 0 Å². The average molecular weight is 367 g/mol. The first-order valence-corrected chi connectivity index (χ1v) is 10.4. The predicted molar refractivity (Wildman–Crippen MR) is 112 cm³/mol. The van der Waals surface area contributed by atoms with Crippen LogP contribution < -0.4 is 14.8 Å². The van der Waals surface area contributed by atoms with Gasteiger partial charge in [0.1, 0.15) is 6.10 Å². The van der Waals surface area contributed by atoms with Crippen LogP contribution in [0.3, 0.4) is 0 Å². The van der Waals surface area contributed by atoms with E-state index in [4.69, 9.17) is 4.74 Å². The molecule has 27 heavy (non-hydrogen) atoms. The number of rotatable bonds is 11. The molecule has 4 heteroatoms. The normalized spacial score (nSPS) is 14.4. The topological polar surface area (TPSA) is 33.3 Å². The highest BCUT2D eigenvalue weighted by atomic mass is 16.5. The molecule has 2 rings (SSSR count). The zero-order valence-electron chi connectivity index (χ0n) is 17.3. The number of hydrogen-bond donors (Lipinski definition) is 1. The van der Waals surface area contributed by atoms with Gasteiger partial charge < -0.3 is 9.76 Å². The van der Waals surface area contributed by atoms with Gasteiger partial charge in [-0.2, -0.15) is 4.57 Å². The SMILES string of the molecule is CCCC(CC)CC(CC)[n+]1cc([B]O)cc(OC(C)c2ccccc2)c1. The molecule has 1 N–H and O–H groups in total. The number of ether oxygens (including phenoxy) is 1. The average Bonchev–Trinajstić information content (AvgIpc) is 2.71. The Kier molecular flexibility index (Phi) is 8.86. The minimum Gasteiger partial charge on any atom is -0.480 e. The molecule has 0 bridgehead atoms. The monoisotopic (exact) mass is 367 g/mol. The lowest BCUT2D eigenvalue weighted by atomic mass is 9.89. The summed E-state index contributed by atoms with van der Waals surface area (Å²) in [6, 6.07) is 12.5. The molecule has 3 unspecified atom stereocenters. The van der Waals surface area contributed by atoms with Gasteiger partial charge in [-0.15, -0.1) is 0 Å². The van der Waals surface area contributed by atoms with Crippen LogP contribution in [0, 0.1) is 5.92 Å². The number of nitrogens with zero attached hydrogens (tertiary/aromatic N) is 1. The Morgan fingerprint density at radius 1 is 1.07 bits per heavy atom. The number of pyridine rings is 1. The van der Waals surface area contributed by atoms with E-state index in [9.17, 15) is 5.02 Å². The van der Waals surface area contributed by atoms with Crippen molar-refractivity contribution in [2.24, 2.45) is 5.92 Å². The minimum atomic E-state index is -0.0443. The van der Waals surface area contributed by atoms with Gasteiger partial charge in [-0.05, 0) is 24.5 Å². The third kappa shape index (κ3) is 6.39. The summed E-state index contributed by atoms with van der Waals surface area (Å²) < 4.78 is 8.43. The molecule has 145 valence electrons. The zero-order valence-corrected chi connectivity index (χ0v) is 17.3. The van der Waals surface area contributed by atoms with Crippen molar-refractivity contribution in [3.8, 4) is 5.75 Å². The smallest absolute Gasteiger partial charge is 0.333 e. The summed E-state index contributed by atoms with van der Waals surface area (Å²) in [7, 11) is 1.16. The molecule has 2 aromatic rings. The Bertz CT molecular complexity index is 677. The molecule has 0 fully saturated rings. The summed E-state index contributed by atoms with van der Waals surface area (Å²) in [4.78, 5) is 0. The van der Waals surface area contributed by atoms with Crippen LogP contribution >= 0.6 is 0 Å². The number of benzene rings is 1. The van der Waals surface area contributed by atoms with Gasteiger partial charge in [0.25, 0.3) is 0 Å². The van der Waals surface area contributed by atoms with E-state index in [1.165, 1.54) is 19.3 Å². The molecule has 1 aromatic carbocycles. The highest BCUT2D eigenvalue weighted by Crippen LogP contribution is 2.24. The maximum atomic E-state index is 9.61. The van der Waals surface area contributed by atoms with Crippen molar-refractivity contribution < 1.29 is 14.3 Å². The van der Waals surface area contributed by atoms with Crippen LogP contribution in [0.5, 0.6) is 5.75 Å². The molecule has 3 nitrogen and oxygen atoms in total. The van der Waals surface area contributed by atoms with E-state index in [2.05, 4.69) is 50.6 Å². The van der Waals surface area contributed by atoms with Crippen molar-refractivity contribution in [2.45, 2.75) is 71.9 Å². The Morgan fingerprint density at radius 3 is 2.41 bits per heavy atom. The summed E-state index contributed by atoms with van der Waals surface area (Å²) in [5.41, 5.74) is 1.92. The van der Waals surface area contributed by atoms with Crippen molar-refractivity contribution in [3.63, 3.8) is 0 Å². The third-order valence-corrected chi connectivity index (χ3v) is 5.39. The second-order valence-electron chi connectivity index (χ2n) is 7.41. The first kappa shape index (κ1) is 21.5. The fraction of sp³-hybridized carbons (Fsp3) is 0.522. The minimum absolute atomic E-state index is 0.0443. The Morgan fingerprint density at radius 2 is 1.81 bits per heavy atom. The maximum absolute atomic E-state index is 9.61. The second-order valence-corrected chi connectivity index (χ2v) is 7.41. The Balaban J connectivity index is 2.22. The molecule has 0 aliphatic carbocycles. The van der Waals surface area contributed by atoms with Crippen molar-refractivity contribution in [1.29, 1.82) is 0 Å². The van der Waals surface area contributed by atoms with E-state index in [-0.39, 0.29) is 6.10 Å². The van der Waals surface area contributed by atoms with Gasteiger partial charge in [-0.3, -0.25) is 0 Å². The van der Waals surface area contributed by atoms with Crippen LogP contribution in [0.15, 0.2) is 48.8 Å². The largest absolute Gasteiger partial charge is 0.480 e. The van der Waals surface area contributed by atoms with E-state index in [1.807, 2.05) is 30.5 Å². The molecule has 0 amide bonds. The zero-order chi connectivity index (χ0) is 19.6. The molecule has 0 spiro atoms. The quantitative estimate of drug-likeness (QED) is 0.468. The standard InChI is InChI=1S/C23H34BNO2/c1-5-11-19(6-2)14-22(7-3)25-16-21(24-26)15-23(17-25)27-18(4)20-12-9-8-10-13-20/h8-10,12-13,15-19,22,26H,5-7,11,14H2,1-4H3/q+1. The van der Waals surface area contributed by atoms with Gasteiger partial charge in [0.2, 0.25) is 6.20 Å². The van der Waals surface area contributed by atoms with E-state index in [0.29, 0.717) is 6.04 Å². The molecule has 1 radical (unpaired) electrons. The molecule has 1 heterocycles. The van der Waals surface area contributed by atoms with Crippen LogP contribution in [-0.2, 0) is 0 Å². The lowest BCUT2D eigenvalue weighted by Gasteiger charge is -2.20. The lowest BCUT2D eigenvalue weighted by Crippen LogP contribution is -2.43. The van der Waals surface area contributed by atoms with E-state index in [0.717, 1.165) is 43.0 Å². The van der Waals surface area contributed by atoms with Crippen molar-refractivity contribution in [3.05, 3.63) is 54.4 Å². The van der Waals surface area contributed by atoms with Crippen LogP contribution in [0.4, 0.5) is 0 Å². The molecular weight excluding hydrogens is 333 g/mol. The van der Waals surface area contributed by atoms with E-state index >= 15 is 0 Å². The van der Waals surface area contributed by atoms with Crippen LogP contribution in [0.2, 0.25) is 0 Å². The molecule has 0 saturated carbocycles. The summed E-state index contributed by atoms with van der Waals surface area (Å²) >= 11 is 0. The maximum Gasteiger partial charge on any atom is 0.333 e. The highest BCUT2D eigenvalue weighted by Gasteiger charge is 2.23. The second kappa shape index (κ2) is 11.1. The molecule has 3 atom stereocenters. The molecule has 0 aliphatic rings. The van der Waals surface area contributed by atoms with Crippen LogP contribution in [0.25, 0.3) is 0 Å². The highest BCUT2D eigenvalue weighted by molar-refractivity contribution is 6.45. The Labute approximate surface area is 165 Å². The van der Waals surface area contributed by atoms with Crippen molar-refractivity contribution in [2.75, 3.05) is 0 Å². The van der Waals surface area contributed by atoms with Crippen LogP contribution in [0.1, 0.15) is 77.5 Å². The van der Waals surface area contributed by atoms with Gasteiger partial charge in [-0.25, -0.2) is 0 Å². The number of hydrogen-bond acceptors (Lipinski definition) is 2. The van der Waals surface area contributed by atoms with E-state index < -0.39 is 0 Å². The van der Waals surface area contributed by atoms with Gasteiger partial charge in [0.05, 0.1) is 0 Å². The fourth-order valence-corrected chi connectivity index (χ4v) is 3.72. The summed E-state index contributed by atoms with van der Waals surface area (Å²) in [6.07, 6.45) is 10.00. The van der Waals surface area contributed by atoms with E-state index in [1.54, 1.807) is 0 Å². The molecule has 1 aromatic heterocycles. The third-order valence-electron chi connectivity index (χ3n) is 5.39. The van der Waals surface area contributed by atoms with Crippen LogP contribution in [-0.4, -0.2) is 12.5 Å². The molecule has 0 saturated heterocycles. The molecular formula is C23H34BNO2+. The molecule has 0 aliphatic heterocycles. The van der Waals surface area contributed by atoms with Crippen molar-refractivity contribution >= 4 is 12.9 Å². The van der Waals surface area contributed by atoms with Gasteiger partial charge in [-0.1, -0.05) is 70.4 Å². The van der Waals surface area contributed by atoms with Gasteiger partial charge in [0.15, 0.2) is 18.0 Å². The summed E-state index contributed by atoms with van der Waals surface area (Å²) in [6.45, 7) is 8.83. The van der Waals surface area contributed by atoms with Gasteiger partial charge in [0, 0.05) is 18.3 Å². The fourth-order valence-electron chi connectivity index (χ4n) is 3.72. The van der Waals surface area contributed by atoms with Gasteiger partial charge >= 0.3 is 7.48 Å². The predicted octanol–water partition coefficient (Wildman–Crippen LogP) is 4.52. The summed E-state index contributed by atoms with van der Waals surface area (Å²) in [5, 5.41) is 9.61. The Hall–Kier alpha value is -1.81. The first-order valence-electron chi connectivity index (χ1n) is 10.4. The first-order chi connectivity index (χ1) is 13.1.